The molecule has 1 heterocycles. The summed E-state index contributed by atoms with van der Waals surface area (Å²) >= 11 is 0. The fourth-order valence-corrected chi connectivity index (χ4v) is 1.42. The van der Waals surface area contributed by atoms with Crippen LogP contribution in [-0.2, 0) is 0 Å². The summed E-state index contributed by atoms with van der Waals surface area (Å²) in [7, 11) is 0. The van der Waals surface area contributed by atoms with Crippen molar-refractivity contribution in [1.82, 2.24) is 4.98 Å². The van der Waals surface area contributed by atoms with E-state index in [9.17, 15) is 0 Å². The first-order valence-corrected chi connectivity index (χ1v) is 4.21. The van der Waals surface area contributed by atoms with Crippen molar-refractivity contribution in [2.24, 2.45) is 0 Å². The Hall–Kier alpha value is -0.850. The highest BCUT2D eigenvalue weighted by Crippen LogP contribution is 2.40. The molecule has 0 atom stereocenters. The summed E-state index contributed by atoms with van der Waals surface area (Å²) in [5, 5.41) is 0. The summed E-state index contributed by atoms with van der Waals surface area (Å²) in [5.41, 5.74) is 3.85. The second-order valence-electron chi connectivity index (χ2n) is 3.43. The van der Waals surface area contributed by atoms with E-state index in [1.807, 2.05) is 0 Å². The minimum atomic E-state index is 0.787. The van der Waals surface area contributed by atoms with Crippen molar-refractivity contribution < 1.29 is 0 Å². The monoisotopic (exact) mass is 147 g/mol. The van der Waals surface area contributed by atoms with Crippen LogP contribution in [0.4, 0.5) is 0 Å². The second kappa shape index (κ2) is 2.33. The van der Waals surface area contributed by atoms with Crippen LogP contribution in [0.5, 0.6) is 0 Å². The van der Waals surface area contributed by atoms with Crippen molar-refractivity contribution in [2.45, 2.75) is 32.6 Å². The molecule has 0 aromatic carbocycles. The van der Waals surface area contributed by atoms with Crippen LogP contribution in [-0.4, -0.2) is 4.98 Å². The van der Waals surface area contributed by atoms with Gasteiger partial charge in [0, 0.05) is 17.3 Å². The third kappa shape index (κ3) is 1.28. The average molecular weight is 147 g/mol. The predicted molar refractivity (Wildman–Crippen MR) is 45.7 cm³/mol. The highest BCUT2D eigenvalue weighted by Gasteiger charge is 2.26. The van der Waals surface area contributed by atoms with Gasteiger partial charge in [0.1, 0.15) is 0 Å². The Morgan fingerprint density at radius 2 is 2.00 bits per heavy atom. The molecule has 0 saturated heterocycles. The molecule has 1 heteroatoms. The first-order valence-electron chi connectivity index (χ1n) is 4.21. The molecular weight excluding hydrogens is 134 g/mol. The van der Waals surface area contributed by atoms with Crippen LogP contribution in [0.1, 0.15) is 35.7 Å². The van der Waals surface area contributed by atoms with E-state index in [1.165, 1.54) is 24.1 Å². The summed E-state index contributed by atoms with van der Waals surface area (Å²) in [5.74, 6) is 0.787. The molecule has 1 aliphatic carbocycles. The molecule has 2 rings (SSSR count). The maximum atomic E-state index is 4.53. The van der Waals surface area contributed by atoms with E-state index in [4.69, 9.17) is 0 Å². The van der Waals surface area contributed by atoms with Crippen molar-refractivity contribution in [1.29, 1.82) is 0 Å². The molecule has 0 N–H and O–H groups in total. The lowest BCUT2D eigenvalue weighted by atomic mass is 10.1. The largest absolute Gasteiger partial charge is 0.258 e. The Morgan fingerprint density at radius 1 is 1.27 bits per heavy atom. The maximum absolute atomic E-state index is 4.53. The molecule has 0 radical (unpaired) electrons. The van der Waals surface area contributed by atoms with Gasteiger partial charge in [0.25, 0.3) is 0 Å². The third-order valence-corrected chi connectivity index (χ3v) is 2.24. The molecular formula is C10H13N. The van der Waals surface area contributed by atoms with Crippen LogP contribution in [0.15, 0.2) is 12.1 Å². The summed E-state index contributed by atoms with van der Waals surface area (Å²) in [4.78, 5) is 4.53. The van der Waals surface area contributed by atoms with Gasteiger partial charge in [-0.25, -0.2) is 0 Å². The zero-order valence-corrected chi connectivity index (χ0v) is 7.09. The van der Waals surface area contributed by atoms with E-state index >= 15 is 0 Å². The van der Waals surface area contributed by atoms with Gasteiger partial charge in [-0.15, -0.1) is 0 Å². The lowest BCUT2D eigenvalue weighted by molar-refractivity contribution is 0.970. The topological polar surface area (TPSA) is 12.9 Å². The van der Waals surface area contributed by atoms with Gasteiger partial charge in [-0.3, -0.25) is 4.98 Å². The highest BCUT2D eigenvalue weighted by atomic mass is 14.7. The highest BCUT2D eigenvalue weighted by molar-refractivity contribution is 5.27. The lowest BCUT2D eigenvalue weighted by Gasteiger charge is -2.02. The van der Waals surface area contributed by atoms with Crippen LogP contribution in [0.2, 0.25) is 0 Å². The summed E-state index contributed by atoms with van der Waals surface area (Å²) < 4.78 is 0. The Labute approximate surface area is 67.5 Å². The number of nitrogens with zero attached hydrogens (tertiary/aromatic N) is 1. The van der Waals surface area contributed by atoms with Crippen molar-refractivity contribution in [3.05, 3.63) is 29.1 Å². The number of hydrogen-bond donors (Lipinski definition) is 0. The molecule has 11 heavy (non-hydrogen) atoms. The van der Waals surface area contributed by atoms with E-state index in [0.717, 1.165) is 11.6 Å². The lowest BCUT2D eigenvalue weighted by Crippen LogP contribution is -1.92. The molecule has 0 aliphatic heterocycles. The smallest absolute Gasteiger partial charge is 0.0466 e. The first-order chi connectivity index (χ1) is 5.27. The second-order valence-corrected chi connectivity index (χ2v) is 3.43. The minimum absolute atomic E-state index is 0.787. The first kappa shape index (κ1) is 6.84. The Morgan fingerprint density at radius 3 is 2.64 bits per heavy atom. The van der Waals surface area contributed by atoms with Crippen LogP contribution in [0, 0.1) is 13.8 Å². The number of pyridine rings is 1. The van der Waals surface area contributed by atoms with Gasteiger partial charge in [-0.05, 0) is 38.3 Å². The van der Waals surface area contributed by atoms with Gasteiger partial charge >= 0.3 is 0 Å². The molecule has 1 saturated carbocycles. The number of aryl methyl sites for hydroxylation is 2. The number of hydrogen-bond acceptors (Lipinski definition) is 1. The van der Waals surface area contributed by atoms with Crippen LogP contribution in [0.3, 0.4) is 0 Å². The number of rotatable bonds is 1. The zero-order chi connectivity index (χ0) is 7.84. The molecule has 1 aromatic heterocycles. The quantitative estimate of drug-likeness (QED) is 0.595. The molecule has 0 spiro atoms. The van der Waals surface area contributed by atoms with E-state index < -0.39 is 0 Å². The maximum Gasteiger partial charge on any atom is 0.0466 e. The summed E-state index contributed by atoms with van der Waals surface area (Å²) in [6, 6.07) is 4.26. The molecule has 58 valence electrons. The normalized spacial score (nSPS) is 16.9. The summed E-state index contributed by atoms with van der Waals surface area (Å²) in [6.45, 7) is 4.21. The SMILES string of the molecule is Cc1ccc(C)c(C2CC2)n1. The van der Waals surface area contributed by atoms with Crippen molar-refractivity contribution in [2.75, 3.05) is 0 Å². The molecule has 1 nitrogen and oxygen atoms in total. The van der Waals surface area contributed by atoms with Gasteiger partial charge in [-0.1, -0.05) is 6.07 Å². The zero-order valence-electron chi connectivity index (χ0n) is 7.09. The van der Waals surface area contributed by atoms with Crippen molar-refractivity contribution in [3.63, 3.8) is 0 Å². The fourth-order valence-electron chi connectivity index (χ4n) is 1.42. The minimum Gasteiger partial charge on any atom is -0.258 e. The van der Waals surface area contributed by atoms with E-state index in [0.29, 0.717) is 0 Å². The molecule has 0 amide bonds. The predicted octanol–water partition coefficient (Wildman–Crippen LogP) is 2.58. The van der Waals surface area contributed by atoms with E-state index in [1.54, 1.807) is 0 Å². The number of aromatic nitrogens is 1. The van der Waals surface area contributed by atoms with Crippen LogP contribution in [0.25, 0.3) is 0 Å². The van der Waals surface area contributed by atoms with Gasteiger partial charge in [-0.2, -0.15) is 0 Å². The van der Waals surface area contributed by atoms with Crippen LogP contribution >= 0.6 is 0 Å². The fraction of sp³-hybridized carbons (Fsp3) is 0.500. The van der Waals surface area contributed by atoms with Gasteiger partial charge in [0.15, 0.2) is 0 Å². The summed E-state index contributed by atoms with van der Waals surface area (Å²) in [6.07, 6.45) is 2.69. The molecule has 1 aromatic rings. The van der Waals surface area contributed by atoms with E-state index in [-0.39, 0.29) is 0 Å². The molecule has 0 bridgehead atoms. The average Bonchev–Trinajstić information content (AvgIpc) is 2.76. The standard InChI is InChI=1S/C10H13N/c1-7-3-4-8(2)11-10(7)9-5-6-9/h3-4,9H,5-6H2,1-2H3. The Bertz CT molecular complexity index is 274. The van der Waals surface area contributed by atoms with E-state index in [2.05, 4.69) is 31.0 Å². The Kier molecular flexibility index (Phi) is 1.45. The molecule has 0 unspecified atom stereocenters. The third-order valence-electron chi connectivity index (χ3n) is 2.24. The Balaban J connectivity index is 2.42. The van der Waals surface area contributed by atoms with Crippen molar-refractivity contribution >= 4 is 0 Å². The van der Waals surface area contributed by atoms with Gasteiger partial charge in [0.2, 0.25) is 0 Å². The molecule has 1 fully saturated rings. The molecule has 1 aliphatic rings. The van der Waals surface area contributed by atoms with Crippen LogP contribution < -0.4 is 0 Å². The van der Waals surface area contributed by atoms with Gasteiger partial charge in [0.05, 0.1) is 0 Å². The van der Waals surface area contributed by atoms with Crippen molar-refractivity contribution in [3.8, 4) is 0 Å². The van der Waals surface area contributed by atoms with Gasteiger partial charge < -0.3 is 0 Å².